The van der Waals surface area contributed by atoms with Gasteiger partial charge in [-0.2, -0.15) is 0 Å². The van der Waals surface area contributed by atoms with E-state index in [0.29, 0.717) is 31.6 Å². The van der Waals surface area contributed by atoms with E-state index >= 15 is 0 Å². The Morgan fingerprint density at radius 2 is 2.00 bits per heavy atom. The van der Waals surface area contributed by atoms with Crippen molar-refractivity contribution in [1.29, 1.82) is 0 Å². The van der Waals surface area contributed by atoms with Gasteiger partial charge in [-0.15, -0.1) is 0 Å². The van der Waals surface area contributed by atoms with Crippen LogP contribution in [0.5, 0.6) is 0 Å². The molecule has 134 valence electrons. The molecule has 0 saturated carbocycles. The molecule has 6 heteroatoms. The number of aromatic nitrogens is 1. The Hall–Kier alpha value is -2.89. The third-order valence-electron chi connectivity index (χ3n) is 5.34. The second-order valence-corrected chi connectivity index (χ2v) is 6.78. The van der Waals surface area contributed by atoms with Crippen LogP contribution >= 0.6 is 0 Å². The van der Waals surface area contributed by atoms with Gasteiger partial charge < -0.3 is 14.5 Å². The summed E-state index contributed by atoms with van der Waals surface area (Å²) in [6, 6.07) is 13.5. The van der Waals surface area contributed by atoms with Gasteiger partial charge in [-0.3, -0.25) is 4.79 Å². The van der Waals surface area contributed by atoms with Gasteiger partial charge >= 0.3 is 5.97 Å². The van der Waals surface area contributed by atoms with Crippen LogP contribution in [0.25, 0.3) is 0 Å². The number of likely N-dealkylation sites (tertiary alicyclic amines) is 1. The number of ether oxygens (including phenoxy) is 1. The van der Waals surface area contributed by atoms with Gasteiger partial charge in [0.05, 0.1) is 12.2 Å². The molecule has 0 N–H and O–H groups in total. The number of para-hydroxylation sites is 1. The highest BCUT2D eigenvalue weighted by molar-refractivity contribution is 5.99. The number of amides is 1. The van der Waals surface area contributed by atoms with Crippen molar-refractivity contribution in [1.82, 2.24) is 9.88 Å². The second-order valence-electron chi connectivity index (χ2n) is 6.78. The van der Waals surface area contributed by atoms with E-state index in [-0.39, 0.29) is 11.9 Å². The molecule has 1 amide bonds. The number of pyridine rings is 1. The zero-order valence-electron chi connectivity index (χ0n) is 14.7. The van der Waals surface area contributed by atoms with E-state index in [9.17, 15) is 9.59 Å². The summed E-state index contributed by atoms with van der Waals surface area (Å²) in [5.41, 5.74) is 0.749. The summed E-state index contributed by atoms with van der Waals surface area (Å²) in [4.78, 5) is 33.3. The predicted octanol–water partition coefficient (Wildman–Crippen LogP) is 2.77. The minimum absolute atomic E-state index is 0.150. The van der Waals surface area contributed by atoms with Crippen molar-refractivity contribution in [3.05, 3.63) is 54.2 Å². The number of hydrogen-bond acceptors (Lipinski definition) is 5. The van der Waals surface area contributed by atoms with Crippen LogP contribution < -0.4 is 4.90 Å². The number of anilines is 2. The third-order valence-corrected chi connectivity index (χ3v) is 5.34. The Morgan fingerprint density at radius 1 is 1.19 bits per heavy atom. The molecule has 2 aliphatic rings. The first-order valence-electron chi connectivity index (χ1n) is 8.86. The van der Waals surface area contributed by atoms with Crippen molar-refractivity contribution in [2.24, 2.45) is 0 Å². The summed E-state index contributed by atoms with van der Waals surface area (Å²) in [6.45, 7) is 0.973. The summed E-state index contributed by atoms with van der Waals surface area (Å²) in [5, 5.41) is 0. The molecule has 3 heterocycles. The smallest absolute Gasteiger partial charge is 0.332 e. The van der Waals surface area contributed by atoms with E-state index in [1.807, 2.05) is 48.3 Å². The number of nitrogens with zero attached hydrogens (tertiary/aromatic N) is 3. The standard InChI is InChI=1S/C20H21N3O3/c1-22(16-6-3-2-4-7-16)17-9-8-15(14-21-17)18(24)23-12-5-10-20(23)11-13-26-19(20)25/h2-4,6-9,14H,5,10-13H2,1H3/t20-/m0/s1. The molecule has 1 aromatic heterocycles. The van der Waals surface area contributed by atoms with E-state index in [1.165, 1.54) is 0 Å². The lowest BCUT2D eigenvalue weighted by Gasteiger charge is -2.31. The number of benzene rings is 1. The highest BCUT2D eigenvalue weighted by atomic mass is 16.5. The SMILES string of the molecule is CN(c1ccccc1)c1ccc(C(=O)N2CCC[C@@]23CCOC3=O)cn1. The van der Waals surface area contributed by atoms with Crippen LogP contribution in [0, 0.1) is 0 Å². The molecule has 1 atom stereocenters. The van der Waals surface area contributed by atoms with Gasteiger partial charge in [-0.25, -0.2) is 9.78 Å². The fourth-order valence-corrected chi connectivity index (χ4v) is 3.85. The Balaban J connectivity index is 1.55. The van der Waals surface area contributed by atoms with Crippen molar-refractivity contribution in [2.45, 2.75) is 24.8 Å². The predicted molar refractivity (Wildman–Crippen MR) is 97.3 cm³/mol. The highest BCUT2D eigenvalue weighted by Gasteiger charge is 2.53. The molecule has 2 aliphatic heterocycles. The van der Waals surface area contributed by atoms with Crippen LogP contribution in [0.15, 0.2) is 48.7 Å². The minimum Gasteiger partial charge on any atom is -0.464 e. The number of hydrogen-bond donors (Lipinski definition) is 0. The van der Waals surface area contributed by atoms with Gasteiger partial charge in [0.1, 0.15) is 11.4 Å². The summed E-state index contributed by atoms with van der Waals surface area (Å²) in [6.07, 6.45) is 3.67. The fourth-order valence-electron chi connectivity index (χ4n) is 3.85. The zero-order valence-corrected chi connectivity index (χ0v) is 14.7. The van der Waals surface area contributed by atoms with Crippen LogP contribution in [-0.4, -0.2) is 47.5 Å². The first-order valence-corrected chi connectivity index (χ1v) is 8.86. The summed E-state index contributed by atoms with van der Waals surface area (Å²) >= 11 is 0. The van der Waals surface area contributed by atoms with Gasteiger partial charge in [0, 0.05) is 31.9 Å². The molecular formula is C20H21N3O3. The van der Waals surface area contributed by atoms with E-state index in [4.69, 9.17) is 4.74 Å². The maximum atomic E-state index is 13.0. The molecule has 2 fully saturated rings. The Kier molecular flexibility index (Phi) is 4.11. The molecule has 0 radical (unpaired) electrons. The van der Waals surface area contributed by atoms with E-state index < -0.39 is 5.54 Å². The average Bonchev–Trinajstić information content (AvgIpc) is 3.28. The lowest BCUT2D eigenvalue weighted by molar-refractivity contribution is -0.145. The zero-order chi connectivity index (χ0) is 18.1. The lowest BCUT2D eigenvalue weighted by Crippen LogP contribution is -2.50. The number of esters is 1. The van der Waals surface area contributed by atoms with E-state index in [1.54, 1.807) is 17.2 Å². The quantitative estimate of drug-likeness (QED) is 0.796. The largest absolute Gasteiger partial charge is 0.464 e. The normalized spacial score (nSPS) is 21.9. The third kappa shape index (κ3) is 2.62. The summed E-state index contributed by atoms with van der Waals surface area (Å²) in [7, 11) is 1.93. The van der Waals surface area contributed by atoms with Crippen molar-refractivity contribution >= 4 is 23.4 Å². The minimum atomic E-state index is -0.767. The van der Waals surface area contributed by atoms with Crippen LogP contribution in [0.2, 0.25) is 0 Å². The van der Waals surface area contributed by atoms with Crippen LogP contribution in [0.4, 0.5) is 11.5 Å². The number of carbonyl (C=O) groups excluding carboxylic acids is 2. The molecule has 26 heavy (non-hydrogen) atoms. The molecule has 6 nitrogen and oxygen atoms in total. The van der Waals surface area contributed by atoms with Gasteiger partial charge in [-0.1, -0.05) is 18.2 Å². The molecular weight excluding hydrogens is 330 g/mol. The number of rotatable bonds is 3. The molecule has 2 saturated heterocycles. The van der Waals surface area contributed by atoms with Gasteiger partial charge in [-0.05, 0) is 37.1 Å². The summed E-state index contributed by atoms with van der Waals surface area (Å²) in [5.74, 6) is 0.337. The van der Waals surface area contributed by atoms with E-state index in [0.717, 1.165) is 17.9 Å². The topological polar surface area (TPSA) is 62.7 Å². The molecule has 1 spiro atoms. The van der Waals surface area contributed by atoms with E-state index in [2.05, 4.69) is 4.98 Å². The van der Waals surface area contributed by atoms with Crippen molar-refractivity contribution in [3.8, 4) is 0 Å². The maximum absolute atomic E-state index is 13.0. The molecule has 4 rings (SSSR count). The van der Waals surface area contributed by atoms with Gasteiger partial charge in [0.2, 0.25) is 0 Å². The van der Waals surface area contributed by atoms with Gasteiger partial charge in [0.15, 0.2) is 0 Å². The van der Waals surface area contributed by atoms with Crippen LogP contribution in [0.3, 0.4) is 0 Å². The Bertz CT molecular complexity index is 818. The second kappa shape index (κ2) is 6.44. The fraction of sp³-hybridized carbons (Fsp3) is 0.350. The molecule has 0 aliphatic carbocycles. The van der Waals surface area contributed by atoms with Gasteiger partial charge in [0.25, 0.3) is 5.91 Å². The lowest BCUT2D eigenvalue weighted by atomic mass is 9.94. The molecule has 0 unspecified atom stereocenters. The monoisotopic (exact) mass is 351 g/mol. The number of cyclic esters (lactones) is 1. The first-order chi connectivity index (χ1) is 12.6. The average molecular weight is 351 g/mol. The molecule has 0 bridgehead atoms. The molecule has 2 aromatic rings. The van der Waals surface area contributed by atoms with Crippen molar-refractivity contribution < 1.29 is 14.3 Å². The van der Waals surface area contributed by atoms with Crippen molar-refractivity contribution in [3.63, 3.8) is 0 Å². The van der Waals surface area contributed by atoms with Crippen molar-refractivity contribution in [2.75, 3.05) is 25.1 Å². The Morgan fingerprint density at radius 3 is 2.65 bits per heavy atom. The first kappa shape index (κ1) is 16.6. The summed E-state index contributed by atoms with van der Waals surface area (Å²) < 4.78 is 5.15. The maximum Gasteiger partial charge on any atom is 0.332 e. The highest BCUT2D eigenvalue weighted by Crippen LogP contribution is 2.38. The molecule has 1 aromatic carbocycles. The van der Waals surface area contributed by atoms with Crippen LogP contribution in [-0.2, 0) is 9.53 Å². The Labute approximate surface area is 152 Å². The number of carbonyl (C=O) groups is 2. The van der Waals surface area contributed by atoms with Crippen LogP contribution in [0.1, 0.15) is 29.6 Å².